The first-order chi connectivity index (χ1) is 7.85. The van der Waals surface area contributed by atoms with Gasteiger partial charge in [0.1, 0.15) is 11.5 Å². The fourth-order valence-corrected chi connectivity index (χ4v) is 1.42. The Morgan fingerprint density at radius 2 is 1.75 bits per heavy atom. The second-order valence-electron chi connectivity index (χ2n) is 3.14. The molecule has 0 aliphatic heterocycles. The molecule has 1 aromatic carbocycles. The minimum atomic E-state index is 0.641. The van der Waals surface area contributed by atoms with Crippen LogP contribution in [0.1, 0.15) is 0 Å². The smallest absolute Gasteiger partial charge is 0.162 e. The number of hydrogen-bond acceptors (Lipinski definition) is 4. The van der Waals surface area contributed by atoms with E-state index in [1.165, 1.54) is 0 Å². The topological polar surface area (TPSA) is 44.2 Å². The monoisotopic (exact) mass is 216 g/mol. The molecule has 2 rings (SSSR count). The van der Waals surface area contributed by atoms with Gasteiger partial charge in [0.05, 0.1) is 19.8 Å². The van der Waals surface area contributed by atoms with Crippen molar-refractivity contribution < 1.29 is 9.47 Å². The molecule has 0 atom stereocenters. The van der Waals surface area contributed by atoms with Crippen molar-refractivity contribution >= 4 is 0 Å². The van der Waals surface area contributed by atoms with E-state index in [-0.39, 0.29) is 0 Å². The van der Waals surface area contributed by atoms with Crippen molar-refractivity contribution in [1.29, 1.82) is 0 Å². The van der Waals surface area contributed by atoms with Crippen LogP contribution in [0.4, 0.5) is 0 Å². The van der Waals surface area contributed by atoms with E-state index in [2.05, 4.69) is 9.97 Å². The molecule has 0 radical (unpaired) electrons. The van der Waals surface area contributed by atoms with Crippen molar-refractivity contribution in [3.63, 3.8) is 0 Å². The molecule has 0 N–H and O–H groups in total. The van der Waals surface area contributed by atoms with E-state index in [1.807, 2.05) is 18.2 Å². The molecule has 1 heterocycles. The van der Waals surface area contributed by atoms with Gasteiger partial charge in [0.15, 0.2) is 5.82 Å². The molecule has 4 nitrogen and oxygen atoms in total. The Kier molecular flexibility index (Phi) is 3.00. The van der Waals surface area contributed by atoms with Crippen LogP contribution in [0.15, 0.2) is 36.7 Å². The van der Waals surface area contributed by atoms with Gasteiger partial charge in [0.25, 0.3) is 0 Å². The van der Waals surface area contributed by atoms with E-state index in [9.17, 15) is 0 Å². The first-order valence-corrected chi connectivity index (χ1v) is 4.84. The van der Waals surface area contributed by atoms with Crippen LogP contribution in [0.25, 0.3) is 11.4 Å². The highest BCUT2D eigenvalue weighted by Crippen LogP contribution is 2.30. The first-order valence-electron chi connectivity index (χ1n) is 4.84. The Balaban J connectivity index is 2.49. The lowest BCUT2D eigenvalue weighted by Gasteiger charge is -2.08. The third kappa shape index (κ3) is 1.95. The van der Waals surface area contributed by atoms with E-state index in [0.29, 0.717) is 11.6 Å². The minimum absolute atomic E-state index is 0.641. The highest BCUT2D eigenvalue weighted by Gasteiger charge is 2.08. The molecule has 0 aliphatic carbocycles. The van der Waals surface area contributed by atoms with Crippen LogP contribution in [0.2, 0.25) is 0 Å². The SMILES string of the molecule is COc1ccc(-c2ncccn2)c(OC)c1. The van der Waals surface area contributed by atoms with Gasteiger partial charge in [-0.2, -0.15) is 0 Å². The third-order valence-electron chi connectivity index (χ3n) is 2.22. The van der Waals surface area contributed by atoms with E-state index < -0.39 is 0 Å². The van der Waals surface area contributed by atoms with Gasteiger partial charge in [-0.1, -0.05) is 0 Å². The highest BCUT2D eigenvalue weighted by atomic mass is 16.5. The lowest BCUT2D eigenvalue weighted by molar-refractivity contribution is 0.395. The zero-order chi connectivity index (χ0) is 11.4. The predicted molar refractivity (Wildman–Crippen MR) is 60.6 cm³/mol. The Morgan fingerprint density at radius 3 is 2.38 bits per heavy atom. The maximum Gasteiger partial charge on any atom is 0.162 e. The molecule has 0 fully saturated rings. The van der Waals surface area contributed by atoms with Crippen LogP contribution in [0, 0.1) is 0 Å². The Hall–Kier alpha value is -2.10. The molecular weight excluding hydrogens is 204 g/mol. The van der Waals surface area contributed by atoms with E-state index in [4.69, 9.17) is 9.47 Å². The third-order valence-corrected chi connectivity index (χ3v) is 2.22. The normalized spacial score (nSPS) is 9.88. The van der Waals surface area contributed by atoms with Gasteiger partial charge in [0, 0.05) is 18.5 Å². The molecule has 4 heteroatoms. The van der Waals surface area contributed by atoms with Crippen molar-refractivity contribution in [3.05, 3.63) is 36.7 Å². The van der Waals surface area contributed by atoms with Gasteiger partial charge in [-0.15, -0.1) is 0 Å². The molecule has 16 heavy (non-hydrogen) atoms. The Morgan fingerprint density at radius 1 is 1.00 bits per heavy atom. The average molecular weight is 216 g/mol. The molecule has 0 aliphatic rings. The number of methoxy groups -OCH3 is 2. The maximum absolute atomic E-state index is 5.28. The van der Waals surface area contributed by atoms with Gasteiger partial charge in [-0.3, -0.25) is 0 Å². The van der Waals surface area contributed by atoms with E-state index in [0.717, 1.165) is 11.3 Å². The summed E-state index contributed by atoms with van der Waals surface area (Å²) in [5.74, 6) is 2.09. The molecule has 2 aromatic rings. The molecule has 0 saturated carbocycles. The van der Waals surface area contributed by atoms with Crippen LogP contribution in [-0.2, 0) is 0 Å². The highest BCUT2D eigenvalue weighted by molar-refractivity contribution is 5.65. The average Bonchev–Trinajstić information content (AvgIpc) is 2.39. The van der Waals surface area contributed by atoms with Crippen LogP contribution < -0.4 is 9.47 Å². The molecule has 0 unspecified atom stereocenters. The molecule has 0 spiro atoms. The molecule has 0 bridgehead atoms. The quantitative estimate of drug-likeness (QED) is 0.788. The summed E-state index contributed by atoms with van der Waals surface area (Å²) in [7, 11) is 3.23. The second-order valence-corrected chi connectivity index (χ2v) is 3.14. The number of aromatic nitrogens is 2. The van der Waals surface area contributed by atoms with Gasteiger partial charge >= 0.3 is 0 Å². The minimum Gasteiger partial charge on any atom is -0.497 e. The summed E-state index contributed by atoms with van der Waals surface area (Å²) >= 11 is 0. The molecular formula is C12H12N2O2. The summed E-state index contributed by atoms with van der Waals surface area (Å²) in [5, 5.41) is 0. The summed E-state index contributed by atoms with van der Waals surface area (Å²) in [6.45, 7) is 0. The maximum atomic E-state index is 5.28. The zero-order valence-corrected chi connectivity index (χ0v) is 9.18. The van der Waals surface area contributed by atoms with E-state index in [1.54, 1.807) is 32.7 Å². The number of benzene rings is 1. The molecule has 0 amide bonds. The van der Waals surface area contributed by atoms with Crippen molar-refractivity contribution in [1.82, 2.24) is 9.97 Å². The van der Waals surface area contributed by atoms with Gasteiger partial charge in [0.2, 0.25) is 0 Å². The van der Waals surface area contributed by atoms with E-state index >= 15 is 0 Å². The predicted octanol–water partition coefficient (Wildman–Crippen LogP) is 2.16. The first kappa shape index (κ1) is 10.4. The van der Waals surface area contributed by atoms with Gasteiger partial charge < -0.3 is 9.47 Å². The summed E-state index contributed by atoms with van der Waals surface area (Å²) < 4.78 is 10.4. The number of hydrogen-bond donors (Lipinski definition) is 0. The fourth-order valence-electron chi connectivity index (χ4n) is 1.42. The van der Waals surface area contributed by atoms with Gasteiger partial charge in [-0.05, 0) is 18.2 Å². The Labute approximate surface area is 93.9 Å². The van der Waals surface area contributed by atoms with Gasteiger partial charge in [-0.25, -0.2) is 9.97 Å². The number of ether oxygens (including phenoxy) is 2. The summed E-state index contributed by atoms with van der Waals surface area (Å²) in [4.78, 5) is 8.36. The van der Waals surface area contributed by atoms with Crippen molar-refractivity contribution in [3.8, 4) is 22.9 Å². The second kappa shape index (κ2) is 4.61. The number of rotatable bonds is 3. The van der Waals surface area contributed by atoms with Crippen molar-refractivity contribution in [2.24, 2.45) is 0 Å². The standard InChI is InChI=1S/C12H12N2O2/c1-15-9-4-5-10(11(8-9)16-2)12-13-6-3-7-14-12/h3-8H,1-2H3. The largest absolute Gasteiger partial charge is 0.497 e. The van der Waals surface area contributed by atoms with Crippen LogP contribution in [0.3, 0.4) is 0 Å². The molecule has 82 valence electrons. The molecule has 1 aromatic heterocycles. The lowest BCUT2D eigenvalue weighted by atomic mass is 10.2. The van der Waals surface area contributed by atoms with Crippen molar-refractivity contribution in [2.45, 2.75) is 0 Å². The summed E-state index contributed by atoms with van der Waals surface area (Å²) in [6.07, 6.45) is 3.40. The fraction of sp³-hybridized carbons (Fsp3) is 0.167. The van der Waals surface area contributed by atoms with Crippen LogP contribution in [0.5, 0.6) is 11.5 Å². The summed E-state index contributed by atoms with van der Waals surface area (Å²) in [5.41, 5.74) is 0.851. The number of nitrogens with zero attached hydrogens (tertiary/aromatic N) is 2. The zero-order valence-electron chi connectivity index (χ0n) is 9.18. The van der Waals surface area contributed by atoms with Crippen molar-refractivity contribution in [2.75, 3.05) is 14.2 Å². The van der Waals surface area contributed by atoms with Crippen LogP contribution in [-0.4, -0.2) is 24.2 Å². The van der Waals surface area contributed by atoms with Crippen LogP contribution >= 0.6 is 0 Å². The lowest BCUT2D eigenvalue weighted by Crippen LogP contribution is -1.93. The Bertz CT molecular complexity index is 472. The summed E-state index contributed by atoms with van der Waals surface area (Å²) in [6, 6.07) is 7.33. The molecule has 0 saturated heterocycles.